The highest BCUT2D eigenvalue weighted by molar-refractivity contribution is 6.05. The minimum absolute atomic E-state index is 0.0958. The van der Waals surface area contributed by atoms with E-state index in [0.29, 0.717) is 23.6 Å². The zero-order valence-electron chi connectivity index (χ0n) is 14.9. The number of carbonyl (C=O) groups excluding carboxylic acids is 2. The molecule has 0 saturated carbocycles. The molecule has 1 aromatic heterocycles. The molecule has 3 rings (SSSR count). The number of furan rings is 1. The van der Waals surface area contributed by atoms with Crippen LogP contribution in [0.3, 0.4) is 0 Å². The van der Waals surface area contributed by atoms with Crippen molar-refractivity contribution in [1.82, 2.24) is 5.32 Å². The summed E-state index contributed by atoms with van der Waals surface area (Å²) in [6.07, 6.45) is 1.55. The Morgan fingerprint density at radius 1 is 1.00 bits per heavy atom. The van der Waals surface area contributed by atoms with E-state index >= 15 is 0 Å². The van der Waals surface area contributed by atoms with Crippen molar-refractivity contribution in [3.05, 3.63) is 84.3 Å². The Morgan fingerprint density at radius 2 is 1.74 bits per heavy atom. The van der Waals surface area contributed by atoms with Gasteiger partial charge >= 0.3 is 0 Å². The van der Waals surface area contributed by atoms with Crippen molar-refractivity contribution in [2.75, 3.05) is 18.6 Å². The molecule has 1 heterocycles. The van der Waals surface area contributed by atoms with Gasteiger partial charge < -0.3 is 19.4 Å². The van der Waals surface area contributed by atoms with Crippen molar-refractivity contribution in [2.24, 2.45) is 0 Å². The SMILES string of the molecule is CN(C(=O)c1ccccc1)c1ccc(OCC(=O)NCc2ccco2)cc1. The number of hydrogen-bond acceptors (Lipinski definition) is 4. The number of amides is 2. The fourth-order valence-corrected chi connectivity index (χ4v) is 2.46. The Kier molecular flexibility index (Phi) is 5.89. The fraction of sp³-hybridized carbons (Fsp3) is 0.143. The zero-order valence-corrected chi connectivity index (χ0v) is 14.9. The molecule has 0 aliphatic carbocycles. The largest absolute Gasteiger partial charge is 0.484 e. The second kappa shape index (κ2) is 8.71. The summed E-state index contributed by atoms with van der Waals surface area (Å²) >= 11 is 0. The van der Waals surface area contributed by atoms with Gasteiger partial charge in [-0.25, -0.2) is 0 Å². The van der Waals surface area contributed by atoms with Crippen molar-refractivity contribution in [1.29, 1.82) is 0 Å². The third-order valence-corrected chi connectivity index (χ3v) is 3.96. The lowest BCUT2D eigenvalue weighted by molar-refractivity contribution is -0.123. The molecule has 0 fully saturated rings. The van der Waals surface area contributed by atoms with Gasteiger partial charge in [0.15, 0.2) is 6.61 Å². The first kappa shape index (κ1) is 18.3. The Hall–Kier alpha value is -3.54. The second-order valence-corrected chi connectivity index (χ2v) is 5.87. The second-order valence-electron chi connectivity index (χ2n) is 5.87. The smallest absolute Gasteiger partial charge is 0.258 e. The highest BCUT2D eigenvalue weighted by atomic mass is 16.5. The topological polar surface area (TPSA) is 71.8 Å². The van der Waals surface area contributed by atoms with Gasteiger partial charge in [0.25, 0.3) is 11.8 Å². The van der Waals surface area contributed by atoms with E-state index in [1.165, 1.54) is 0 Å². The number of hydrogen-bond donors (Lipinski definition) is 1. The molecule has 0 spiro atoms. The summed E-state index contributed by atoms with van der Waals surface area (Å²) in [6, 6.07) is 19.6. The van der Waals surface area contributed by atoms with Crippen LogP contribution >= 0.6 is 0 Å². The molecule has 2 amide bonds. The van der Waals surface area contributed by atoms with Gasteiger partial charge in [0.1, 0.15) is 11.5 Å². The first-order chi connectivity index (χ1) is 13.1. The molecule has 0 unspecified atom stereocenters. The third-order valence-electron chi connectivity index (χ3n) is 3.96. The Bertz CT molecular complexity index is 874. The van der Waals surface area contributed by atoms with Crippen molar-refractivity contribution in [2.45, 2.75) is 6.54 Å². The molecular weight excluding hydrogens is 344 g/mol. The molecule has 0 bridgehead atoms. The van der Waals surface area contributed by atoms with E-state index in [2.05, 4.69) is 5.32 Å². The first-order valence-electron chi connectivity index (χ1n) is 8.48. The Morgan fingerprint density at radius 3 is 2.41 bits per heavy atom. The quantitative estimate of drug-likeness (QED) is 0.699. The highest BCUT2D eigenvalue weighted by Gasteiger charge is 2.13. The average molecular weight is 364 g/mol. The molecule has 0 aliphatic rings. The lowest BCUT2D eigenvalue weighted by atomic mass is 10.2. The van der Waals surface area contributed by atoms with Crippen LogP contribution in [0.4, 0.5) is 5.69 Å². The summed E-state index contributed by atoms with van der Waals surface area (Å²) < 4.78 is 10.6. The van der Waals surface area contributed by atoms with E-state index in [0.717, 1.165) is 5.69 Å². The van der Waals surface area contributed by atoms with E-state index in [1.807, 2.05) is 18.2 Å². The van der Waals surface area contributed by atoms with E-state index < -0.39 is 0 Å². The first-order valence-corrected chi connectivity index (χ1v) is 8.48. The summed E-state index contributed by atoms with van der Waals surface area (Å²) in [6.45, 7) is 0.222. The number of nitrogens with zero attached hydrogens (tertiary/aromatic N) is 1. The van der Waals surface area contributed by atoms with Crippen LogP contribution in [-0.4, -0.2) is 25.5 Å². The monoisotopic (exact) mass is 364 g/mol. The summed E-state index contributed by atoms with van der Waals surface area (Å²) in [7, 11) is 1.72. The lowest BCUT2D eigenvalue weighted by Gasteiger charge is -2.18. The molecule has 6 heteroatoms. The molecule has 27 heavy (non-hydrogen) atoms. The molecule has 0 atom stereocenters. The van der Waals surface area contributed by atoms with Gasteiger partial charge in [0.2, 0.25) is 0 Å². The van der Waals surface area contributed by atoms with Crippen molar-refractivity contribution < 1.29 is 18.7 Å². The Balaban J connectivity index is 1.51. The molecule has 1 N–H and O–H groups in total. The van der Waals surface area contributed by atoms with Crippen LogP contribution in [-0.2, 0) is 11.3 Å². The van der Waals surface area contributed by atoms with Crippen molar-refractivity contribution >= 4 is 17.5 Å². The van der Waals surface area contributed by atoms with Crippen molar-refractivity contribution in [3.8, 4) is 5.75 Å². The number of benzene rings is 2. The maximum absolute atomic E-state index is 12.4. The molecule has 138 valence electrons. The fourth-order valence-electron chi connectivity index (χ4n) is 2.46. The van der Waals surface area contributed by atoms with E-state index in [1.54, 1.807) is 66.7 Å². The average Bonchev–Trinajstić information content (AvgIpc) is 3.24. The number of rotatable bonds is 7. The van der Waals surface area contributed by atoms with E-state index in [9.17, 15) is 9.59 Å². The van der Waals surface area contributed by atoms with Gasteiger partial charge in [-0.15, -0.1) is 0 Å². The minimum atomic E-state index is -0.244. The van der Waals surface area contributed by atoms with Gasteiger partial charge in [0, 0.05) is 18.3 Å². The maximum atomic E-state index is 12.4. The van der Waals surface area contributed by atoms with E-state index in [4.69, 9.17) is 9.15 Å². The molecule has 0 saturated heterocycles. The summed E-state index contributed by atoms with van der Waals surface area (Å²) in [5, 5.41) is 2.71. The van der Waals surface area contributed by atoms with Gasteiger partial charge in [0.05, 0.1) is 12.8 Å². The van der Waals surface area contributed by atoms with Crippen LogP contribution in [0.2, 0.25) is 0 Å². The summed E-state index contributed by atoms with van der Waals surface area (Å²) in [5.74, 6) is 0.889. The normalized spacial score (nSPS) is 10.3. The van der Waals surface area contributed by atoms with Gasteiger partial charge in [-0.1, -0.05) is 18.2 Å². The van der Waals surface area contributed by atoms with Gasteiger partial charge in [-0.3, -0.25) is 9.59 Å². The highest BCUT2D eigenvalue weighted by Crippen LogP contribution is 2.20. The van der Waals surface area contributed by atoms with Gasteiger partial charge in [-0.05, 0) is 48.5 Å². The minimum Gasteiger partial charge on any atom is -0.484 e. The predicted octanol–water partition coefficient (Wildman–Crippen LogP) is 3.25. The van der Waals surface area contributed by atoms with Crippen LogP contribution in [0.25, 0.3) is 0 Å². The van der Waals surface area contributed by atoms with E-state index in [-0.39, 0.29) is 18.4 Å². The summed E-state index contributed by atoms with van der Waals surface area (Å²) in [5.41, 5.74) is 1.35. The van der Waals surface area contributed by atoms with Crippen LogP contribution in [0.5, 0.6) is 5.75 Å². The zero-order chi connectivity index (χ0) is 19.1. The van der Waals surface area contributed by atoms with Crippen LogP contribution in [0.1, 0.15) is 16.1 Å². The molecule has 2 aromatic carbocycles. The number of ether oxygens (including phenoxy) is 1. The van der Waals surface area contributed by atoms with Crippen LogP contribution in [0.15, 0.2) is 77.4 Å². The molecule has 0 radical (unpaired) electrons. The maximum Gasteiger partial charge on any atom is 0.258 e. The van der Waals surface area contributed by atoms with Crippen LogP contribution < -0.4 is 15.0 Å². The summed E-state index contributed by atoms with van der Waals surface area (Å²) in [4.78, 5) is 25.8. The van der Waals surface area contributed by atoms with Crippen LogP contribution in [0, 0.1) is 0 Å². The van der Waals surface area contributed by atoms with Gasteiger partial charge in [-0.2, -0.15) is 0 Å². The third kappa shape index (κ3) is 4.98. The molecule has 6 nitrogen and oxygen atoms in total. The molecule has 0 aliphatic heterocycles. The number of nitrogens with one attached hydrogen (secondary N) is 1. The number of carbonyl (C=O) groups is 2. The lowest BCUT2D eigenvalue weighted by Crippen LogP contribution is -2.28. The predicted molar refractivity (Wildman–Crippen MR) is 102 cm³/mol. The Labute approximate surface area is 157 Å². The molecular formula is C21H20N2O4. The standard InChI is InChI=1S/C21H20N2O4/c1-23(21(25)16-6-3-2-4-7-16)17-9-11-18(12-10-17)27-15-20(24)22-14-19-8-5-13-26-19/h2-13H,14-15H2,1H3,(H,22,24). The van der Waals surface area contributed by atoms with Crippen molar-refractivity contribution in [3.63, 3.8) is 0 Å². The molecule has 3 aromatic rings. The number of anilines is 1.